The molecular formula is C8H4F2O2. The predicted molar refractivity (Wildman–Crippen MR) is 35.5 cm³/mol. The molecule has 0 amide bonds. The van der Waals surface area contributed by atoms with Crippen LogP contribution in [0.3, 0.4) is 0 Å². The third kappa shape index (κ3) is 0.809. The number of cyclic esters (lactones) is 1. The number of halogens is 2. The summed E-state index contributed by atoms with van der Waals surface area (Å²) in [5, 5.41) is 0. The van der Waals surface area contributed by atoms with Gasteiger partial charge in [0.25, 0.3) is 0 Å². The molecule has 0 aliphatic carbocycles. The molecule has 0 saturated heterocycles. The molecule has 12 heavy (non-hydrogen) atoms. The van der Waals surface area contributed by atoms with E-state index in [4.69, 9.17) is 0 Å². The third-order valence-corrected chi connectivity index (χ3v) is 1.76. The number of rotatable bonds is 0. The zero-order valence-corrected chi connectivity index (χ0v) is 5.93. The lowest BCUT2D eigenvalue weighted by molar-refractivity contribution is 0.0530. The molecule has 1 aliphatic rings. The Labute approximate surface area is 66.8 Å². The second kappa shape index (κ2) is 2.27. The van der Waals surface area contributed by atoms with Crippen LogP contribution in [-0.2, 0) is 11.3 Å². The Hall–Kier alpha value is -1.45. The first kappa shape index (κ1) is 7.21. The summed E-state index contributed by atoms with van der Waals surface area (Å²) in [6.07, 6.45) is 0. The summed E-state index contributed by atoms with van der Waals surface area (Å²) in [6.45, 7) is -0.169. The fourth-order valence-electron chi connectivity index (χ4n) is 1.17. The predicted octanol–water partition coefficient (Wildman–Crippen LogP) is 1.64. The van der Waals surface area contributed by atoms with Crippen LogP contribution in [0.4, 0.5) is 8.78 Å². The van der Waals surface area contributed by atoms with Crippen molar-refractivity contribution in [1.82, 2.24) is 0 Å². The van der Waals surface area contributed by atoms with Crippen molar-refractivity contribution in [3.05, 3.63) is 34.9 Å². The van der Waals surface area contributed by atoms with E-state index in [9.17, 15) is 13.6 Å². The number of carbonyl (C=O) groups is 1. The largest absolute Gasteiger partial charge is 0.457 e. The molecule has 0 atom stereocenters. The number of esters is 1. The highest BCUT2D eigenvalue weighted by Crippen LogP contribution is 2.24. The van der Waals surface area contributed by atoms with Gasteiger partial charge in [-0.15, -0.1) is 0 Å². The highest BCUT2D eigenvalue weighted by molar-refractivity contribution is 5.93. The van der Waals surface area contributed by atoms with E-state index in [-0.39, 0.29) is 17.7 Å². The monoisotopic (exact) mass is 170 g/mol. The highest BCUT2D eigenvalue weighted by atomic mass is 19.1. The van der Waals surface area contributed by atoms with Gasteiger partial charge in [0, 0.05) is 5.56 Å². The number of carbonyl (C=O) groups excluding carboxylic acids is 1. The molecule has 62 valence electrons. The summed E-state index contributed by atoms with van der Waals surface area (Å²) in [4.78, 5) is 10.8. The van der Waals surface area contributed by atoms with E-state index in [1.54, 1.807) is 0 Å². The zero-order chi connectivity index (χ0) is 8.72. The van der Waals surface area contributed by atoms with Gasteiger partial charge in [-0.25, -0.2) is 13.6 Å². The molecule has 4 heteroatoms. The summed E-state index contributed by atoms with van der Waals surface area (Å²) in [6, 6.07) is 1.90. The van der Waals surface area contributed by atoms with Gasteiger partial charge in [0.15, 0.2) is 0 Å². The lowest BCUT2D eigenvalue weighted by Crippen LogP contribution is -1.98. The SMILES string of the molecule is O=C1OCc2c(F)ccc(F)c21. The molecule has 1 aliphatic heterocycles. The average Bonchev–Trinajstić information content (AvgIpc) is 2.42. The Balaban J connectivity index is 2.72. The first-order valence-corrected chi connectivity index (χ1v) is 3.34. The molecular weight excluding hydrogens is 166 g/mol. The highest BCUT2D eigenvalue weighted by Gasteiger charge is 2.27. The van der Waals surface area contributed by atoms with E-state index >= 15 is 0 Å². The maximum absolute atomic E-state index is 12.9. The Morgan fingerprint density at radius 3 is 2.58 bits per heavy atom. The van der Waals surface area contributed by atoms with Gasteiger partial charge in [0.05, 0.1) is 0 Å². The van der Waals surface area contributed by atoms with Crippen molar-refractivity contribution in [2.75, 3.05) is 0 Å². The fraction of sp³-hybridized carbons (Fsp3) is 0.125. The molecule has 2 rings (SSSR count). The molecule has 0 bridgehead atoms. The minimum Gasteiger partial charge on any atom is -0.457 e. The van der Waals surface area contributed by atoms with Crippen LogP contribution in [0.5, 0.6) is 0 Å². The van der Waals surface area contributed by atoms with Gasteiger partial charge in [-0.2, -0.15) is 0 Å². The van der Waals surface area contributed by atoms with Gasteiger partial charge in [-0.05, 0) is 12.1 Å². The molecule has 1 aromatic rings. The van der Waals surface area contributed by atoms with Crippen LogP contribution in [0.25, 0.3) is 0 Å². The summed E-state index contributed by atoms with van der Waals surface area (Å²) >= 11 is 0. The van der Waals surface area contributed by atoms with Crippen LogP contribution in [0.2, 0.25) is 0 Å². The summed E-state index contributed by atoms with van der Waals surface area (Å²) < 4.78 is 30.2. The van der Waals surface area contributed by atoms with Gasteiger partial charge in [-0.1, -0.05) is 0 Å². The number of ether oxygens (including phenoxy) is 1. The van der Waals surface area contributed by atoms with Crippen LogP contribution in [-0.4, -0.2) is 5.97 Å². The van der Waals surface area contributed by atoms with Gasteiger partial charge in [0.1, 0.15) is 23.8 Å². The third-order valence-electron chi connectivity index (χ3n) is 1.76. The van der Waals surface area contributed by atoms with E-state index in [0.717, 1.165) is 12.1 Å². The standard InChI is InChI=1S/C8H4F2O2/c9-5-1-2-6(10)7-4(5)3-12-8(7)11/h1-2H,3H2. The molecule has 0 unspecified atom stereocenters. The topological polar surface area (TPSA) is 26.3 Å². The lowest BCUT2D eigenvalue weighted by Gasteiger charge is -1.95. The summed E-state index contributed by atoms with van der Waals surface area (Å²) in [5.74, 6) is -2.12. The molecule has 0 radical (unpaired) electrons. The molecule has 2 nitrogen and oxygen atoms in total. The van der Waals surface area contributed by atoms with Gasteiger partial charge in [0.2, 0.25) is 0 Å². The van der Waals surface area contributed by atoms with Crippen molar-refractivity contribution in [1.29, 1.82) is 0 Å². The van der Waals surface area contributed by atoms with Gasteiger partial charge < -0.3 is 4.74 Å². The smallest absolute Gasteiger partial charge is 0.341 e. The van der Waals surface area contributed by atoms with Gasteiger partial charge >= 0.3 is 5.97 Å². The van der Waals surface area contributed by atoms with Crippen molar-refractivity contribution in [3.63, 3.8) is 0 Å². The maximum Gasteiger partial charge on any atom is 0.341 e. The van der Waals surface area contributed by atoms with Crippen molar-refractivity contribution < 1.29 is 18.3 Å². The van der Waals surface area contributed by atoms with Gasteiger partial charge in [-0.3, -0.25) is 0 Å². The molecule has 0 spiro atoms. The quantitative estimate of drug-likeness (QED) is 0.553. The van der Waals surface area contributed by atoms with E-state index in [1.165, 1.54) is 0 Å². The fourth-order valence-corrected chi connectivity index (χ4v) is 1.17. The molecule has 0 saturated carbocycles. The van der Waals surface area contributed by atoms with E-state index in [2.05, 4.69) is 4.74 Å². The minimum atomic E-state index is -0.790. The maximum atomic E-state index is 12.9. The number of fused-ring (bicyclic) bond motifs is 1. The van der Waals surface area contributed by atoms with E-state index in [1.807, 2.05) is 0 Å². The van der Waals surface area contributed by atoms with Crippen molar-refractivity contribution in [2.45, 2.75) is 6.61 Å². The average molecular weight is 170 g/mol. The number of hydrogen-bond acceptors (Lipinski definition) is 2. The molecule has 0 N–H and O–H groups in total. The van der Waals surface area contributed by atoms with E-state index in [0.29, 0.717) is 0 Å². The molecule has 0 aromatic heterocycles. The molecule has 1 aromatic carbocycles. The Morgan fingerprint density at radius 1 is 1.25 bits per heavy atom. The summed E-state index contributed by atoms with van der Waals surface area (Å²) in [5.41, 5.74) is -0.255. The molecule has 0 fully saturated rings. The Morgan fingerprint density at radius 2 is 1.92 bits per heavy atom. The normalized spacial score (nSPS) is 14.3. The number of benzene rings is 1. The molecule has 1 heterocycles. The second-order valence-electron chi connectivity index (χ2n) is 2.46. The Bertz CT molecular complexity index is 360. The van der Waals surface area contributed by atoms with Crippen LogP contribution in [0.15, 0.2) is 12.1 Å². The lowest BCUT2D eigenvalue weighted by atomic mass is 10.1. The summed E-state index contributed by atoms with van der Waals surface area (Å²) in [7, 11) is 0. The second-order valence-corrected chi connectivity index (χ2v) is 2.46. The van der Waals surface area contributed by atoms with Crippen LogP contribution in [0.1, 0.15) is 15.9 Å². The van der Waals surface area contributed by atoms with Crippen molar-refractivity contribution in [2.24, 2.45) is 0 Å². The first-order chi connectivity index (χ1) is 5.70. The van der Waals surface area contributed by atoms with Crippen molar-refractivity contribution in [3.8, 4) is 0 Å². The van der Waals surface area contributed by atoms with Crippen LogP contribution in [0, 0.1) is 11.6 Å². The van der Waals surface area contributed by atoms with Crippen LogP contribution < -0.4 is 0 Å². The first-order valence-electron chi connectivity index (χ1n) is 3.34. The minimum absolute atomic E-state index is 0.0139. The zero-order valence-electron chi connectivity index (χ0n) is 5.93. The number of hydrogen-bond donors (Lipinski definition) is 0. The van der Waals surface area contributed by atoms with E-state index < -0.39 is 17.6 Å². The van der Waals surface area contributed by atoms with Crippen molar-refractivity contribution >= 4 is 5.97 Å². The Kier molecular flexibility index (Phi) is 1.36. The van der Waals surface area contributed by atoms with Crippen LogP contribution >= 0.6 is 0 Å².